The second-order valence-corrected chi connectivity index (χ2v) is 17.1. The van der Waals surface area contributed by atoms with E-state index in [0.717, 1.165) is 96.3 Å². The molecule has 0 aromatic heterocycles. The van der Waals surface area contributed by atoms with Crippen molar-refractivity contribution in [2.24, 2.45) is 0 Å². The predicted octanol–water partition coefficient (Wildman–Crippen LogP) is 17.0. The van der Waals surface area contributed by atoms with E-state index in [1.165, 1.54) is 109 Å². The topological polar surface area (TPSA) is 78.9 Å². The Morgan fingerprint density at radius 2 is 0.629 bits per heavy atom. The van der Waals surface area contributed by atoms with Gasteiger partial charge in [-0.2, -0.15) is 0 Å². The molecule has 6 heteroatoms. The van der Waals surface area contributed by atoms with Crippen molar-refractivity contribution in [1.29, 1.82) is 0 Å². The molecule has 0 amide bonds. The van der Waals surface area contributed by atoms with Crippen molar-refractivity contribution in [2.45, 2.75) is 252 Å². The Hall–Kier alpha value is -3.15. The molecular formula is C56H96O6. The van der Waals surface area contributed by atoms with Crippen LogP contribution in [0.15, 0.2) is 72.9 Å². The smallest absolute Gasteiger partial charge is 0.306 e. The molecule has 0 rings (SSSR count). The molecule has 0 fully saturated rings. The summed E-state index contributed by atoms with van der Waals surface area (Å²) in [5, 5.41) is 0. The Morgan fingerprint density at radius 3 is 0.984 bits per heavy atom. The van der Waals surface area contributed by atoms with Crippen LogP contribution in [0.4, 0.5) is 0 Å². The first kappa shape index (κ1) is 58.9. The zero-order chi connectivity index (χ0) is 45.1. The normalized spacial score (nSPS) is 12.6. The zero-order valence-electron chi connectivity index (χ0n) is 40.6. The number of carbonyl (C=O) groups excluding carboxylic acids is 3. The van der Waals surface area contributed by atoms with E-state index >= 15 is 0 Å². The molecule has 6 nitrogen and oxygen atoms in total. The summed E-state index contributed by atoms with van der Waals surface area (Å²) < 4.78 is 16.7. The van der Waals surface area contributed by atoms with Crippen molar-refractivity contribution in [2.75, 3.05) is 13.2 Å². The monoisotopic (exact) mass is 865 g/mol. The Kier molecular flexibility index (Phi) is 47.9. The number of carbonyl (C=O) groups is 3. The average Bonchev–Trinajstić information content (AvgIpc) is 3.27. The Balaban J connectivity index is 4.33. The maximum Gasteiger partial charge on any atom is 0.306 e. The average molecular weight is 865 g/mol. The lowest BCUT2D eigenvalue weighted by Crippen LogP contribution is -2.30. The number of allylic oxidation sites excluding steroid dienone is 12. The minimum absolute atomic E-state index is 0.0873. The fourth-order valence-corrected chi connectivity index (χ4v) is 7.09. The van der Waals surface area contributed by atoms with Gasteiger partial charge in [-0.25, -0.2) is 0 Å². The first-order valence-electron chi connectivity index (χ1n) is 25.9. The minimum atomic E-state index is -0.788. The fraction of sp³-hybridized carbons (Fsp3) is 0.732. The van der Waals surface area contributed by atoms with Gasteiger partial charge in [-0.15, -0.1) is 0 Å². The highest BCUT2D eigenvalue weighted by molar-refractivity contribution is 5.71. The van der Waals surface area contributed by atoms with Crippen LogP contribution >= 0.6 is 0 Å². The third-order valence-electron chi connectivity index (χ3n) is 11.0. The second kappa shape index (κ2) is 50.5. The third kappa shape index (κ3) is 47.9. The largest absolute Gasteiger partial charge is 0.462 e. The summed E-state index contributed by atoms with van der Waals surface area (Å²) in [5.74, 6) is -0.935. The van der Waals surface area contributed by atoms with Gasteiger partial charge in [-0.3, -0.25) is 14.4 Å². The van der Waals surface area contributed by atoms with E-state index < -0.39 is 6.10 Å². The molecule has 0 aliphatic heterocycles. The van der Waals surface area contributed by atoms with Gasteiger partial charge in [0.1, 0.15) is 13.2 Å². The molecule has 0 spiro atoms. The lowest BCUT2D eigenvalue weighted by molar-refractivity contribution is -0.167. The summed E-state index contributed by atoms with van der Waals surface area (Å²) in [5.41, 5.74) is 0. The number of rotatable bonds is 46. The highest BCUT2D eigenvalue weighted by Crippen LogP contribution is 2.15. The zero-order valence-corrected chi connectivity index (χ0v) is 40.6. The summed E-state index contributed by atoms with van der Waals surface area (Å²) in [6, 6.07) is 0. The molecule has 0 aliphatic rings. The predicted molar refractivity (Wildman–Crippen MR) is 265 cm³/mol. The fourth-order valence-electron chi connectivity index (χ4n) is 7.09. The second-order valence-electron chi connectivity index (χ2n) is 17.1. The van der Waals surface area contributed by atoms with Gasteiger partial charge in [0.2, 0.25) is 0 Å². The molecule has 0 N–H and O–H groups in total. The van der Waals surface area contributed by atoms with E-state index in [1.807, 2.05) is 0 Å². The first-order chi connectivity index (χ1) is 30.5. The number of hydrogen-bond acceptors (Lipinski definition) is 6. The maximum absolute atomic E-state index is 12.8. The highest BCUT2D eigenvalue weighted by Gasteiger charge is 2.19. The molecular weight excluding hydrogens is 769 g/mol. The van der Waals surface area contributed by atoms with Gasteiger partial charge in [0.25, 0.3) is 0 Å². The Labute approximate surface area is 382 Å². The number of esters is 3. The van der Waals surface area contributed by atoms with Crippen LogP contribution in [-0.2, 0) is 28.6 Å². The lowest BCUT2D eigenvalue weighted by atomic mass is 10.0. The number of hydrogen-bond donors (Lipinski definition) is 0. The van der Waals surface area contributed by atoms with Gasteiger partial charge in [-0.1, -0.05) is 229 Å². The molecule has 0 radical (unpaired) electrons. The van der Waals surface area contributed by atoms with Crippen LogP contribution in [0.25, 0.3) is 0 Å². The quantitative estimate of drug-likeness (QED) is 0.0262. The summed E-state index contributed by atoms with van der Waals surface area (Å²) in [4.78, 5) is 37.8. The standard InChI is InChI=1S/C56H96O6/c1-4-7-10-13-16-18-20-22-24-26-27-28-29-30-32-33-35-37-40-43-46-49-55(58)61-52-53(51-60-54(57)48-45-42-39-15-12-9-6-3)62-56(59)50-47-44-41-38-36-34-31-25-23-21-19-17-14-11-8-5-2/h7,10,16,18,22,24,27-28,30,32,35,37,53H,4-6,8-9,11-15,17,19-21,23,25-26,29,31,33-34,36,38-52H2,1-3H3/b10-7-,18-16-,24-22-,28-27-,32-30-,37-35-. The number of ether oxygens (including phenoxy) is 3. The molecule has 0 saturated heterocycles. The molecule has 0 saturated carbocycles. The van der Waals surface area contributed by atoms with Crippen LogP contribution in [0.5, 0.6) is 0 Å². The van der Waals surface area contributed by atoms with Gasteiger partial charge in [0.15, 0.2) is 6.10 Å². The van der Waals surface area contributed by atoms with Crippen molar-refractivity contribution in [3.63, 3.8) is 0 Å². The third-order valence-corrected chi connectivity index (χ3v) is 11.0. The van der Waals surface area contributed by atoms with Crippen molar-refractivity contribution < 1.29 is 28.6 Å². The van der Waals surface area contributed by atoms with E-state index in [2.05, 4.69) is 93.7 Å². The molecule has 0 bridgehead atoms. The molecule has 0 heterocycles. The van der Waals surface area contributed by atoms with Crippen LogP contribution in [0.3, 0.4) is 0 Å². The van der Waals surface area contributed by atoms with E-state index in [0.29, 0.717) is 19.3 Å². The van der Waals surface area contributed by atoms with Crippen LogP contribution in [0.2, 0.25) is 0 Å². The van der Waals surface area contributed by atoms with E-state index in [-0.39, 0.29) is 31.1 Å². The first-order valence-corrected chi connectivity index (χ1v) is 25.9. The summed E-state index contributed by atoms with van der Waals surface area (Å²) >= 11 is 0. The summed E-state index contributed by atoms with van der Waals surface area (Å²) in [6.07, 6.45) is 63.3. The molecule has 1 unspecified atom stereocenters. The van der Waals surface area contributed by atoms with Gasteiger partial charge < -0.3 is 14.2 Å². The SMILES string of the molecule is CC/C=C\C/C=C\C/C=C\C/C=C\C/C=C\C/C=C\CCCCC(=O)OCC(COC(=O)CCCCCCCCC)OC(=O)CCCCCCCCCCCCCCCCCC. The van der Waals surface area contributed by atoms with E-state index in [1.54, 1.807) is 0 Å². The van der Waals surface area contributed by atoms with Crippen LogP contribution in [-0.4, -0.2) is 37.2 Å². The van der Waals surface area contributed by atoms with Gasteiger partial charge >= 0.3 is 17.9 Å². The molecule has 0 aliphatic carbocycles. The molecule has 356 valence electrons. The van der Waals surface area contributed by atoms with E-state index in [4.69, 9.17) is 14.2 Å². The summed E-state index contributed by atoms with van der Waals surface area (Å²) in [6.45, 7) is 6.45. The Bertz CT molecular complexity index is 1180. The van der Waals surface area contributed by atoms with Crippen molar-refractivity contribution >= 4 is 17.9 Å². The maximum atomic E-state index is 12.8. The minimum Gasteiger partial charge on any atom is -0.462 e. The Morgan fingerprint density at radius 1 is 0.339 bits per heavy atom. The van der Waals surface area contributed by atoms with E-state index in [9.17, 15) is 14.4 Å². The van der Waals surface area contributed by atoms with Crippen molar-refractivity contribution in [1.82, 2.24) is 0 Å². The van der Waals surface area contributed by atoms with Crippen LogP contribution in [0, 0.1) is 0 Å². The molecule has 1 atom stereocenters. The molecule has 62 heavy (non-hydrogen) atoms. The van der Waals surface area contributed by atoms with Gasteiger partial charge in [-0.05, 0) is 70.6 Å². The van der Waals surface area contributed by atoms with Crippen molar-refractivity contribution in [3.05, 3.63) is 72.9 Å². The van der Waals surface area contributed by atoms with Crippen molar-refractivity contribution in [3.8, 4) is 0 Å². The molecule has 0 aromatic carbocycles. The molecule has 0 aromatic rings. The summed E-state index contributed by atoms with van der Waals surface area (Å²) in [7, 11) is 0. The van der Waals surface area contributed by atoms with Gasteiger partial charge in [0, 0.05) is 19.3 Å². The van der Waals surface area contributed by atoms with Crippen LogP contribution < -0.4 is 0 Å². The van der Waals surface area contributed by atoms with Crippen LogP contribution in [0.1, 0.15) is 245 Å². The van der Waals surface area contributed by atoms with Gasteiger partial charge in [0.05, 0.1) is 0 Å². The highest BCUT2D eigenvalue weighted by atomic mass is 16.6. The number of unbranched alkanes of at least 4 members (excludes halogenated alkanes) is 23. The lowest BCUT2D eigenvalue weighted by Gasteiger charge is -2.18.